The molecular weight excluding hydrogens is 398 g/mol. The zero-order valence-electron chi connectivity index (χ0n) is 13.2. The zero-order chi connectivity index (χ0) is 19.3. The Morgan fingerprint density at radius 1 is 1.27 bits per heavy atom. The molecule has 26 heavy (non-hydrogen) atoms. The summed E-state index contributed by atoms with van der Waals surface area (Å²) in [6, 6.07) is 5.27. The van der Waals surface area contributed by atoms with Gasteiger partial charge in [0.05, 0.1) is 18.1 Å². The summed E-state index contributed by atoms with van der Waals surface area (Å²) >= 11 is 12.0. The average molecular weight is 412 g/mol. The zero-order valence-corrected chi connectivity index (χ0v) is 14.7. The Morgan fingerprint density at radius 2 is 1.88 bits per heavy atom. The standard InChI is InChI=1S/C13H13Cl2N3O.C2HF3O2/c14-9-1-2-10(11(15)7-9)12-17-13(19-18-12)8-3-5-16-6-4-8;3-2(4,5)1(6)7/h1-2,7-8,16H,3-6H2;(H,6,7). The summed E-state index contributed by atoms with van der Waals surface area (Å²) in [6.07, 6.45) is -3.04. The second-order valence-corrected chi connectivity index (χ2v) is 6.35. The van der Waals surface area contributed by atoms with Gasteiger partial charge in [0.25, 0.3) is 0 Å². The van der Waals surface area contributed by atoms with Gasteiger partial charge in [-0.2, -0.15) is 18.2 Å². The van der Waals surface area contributed by atoms with E-state index in [4.69, 9.17) is 37.6 Å². The van der Waals surface area contributed by atoms with Crippen molar-refractivity contribution < 1.29 is 32.9 Å². The number of hydrogen-bond acceptors (Lipinski definition) is 5. The van der Waals surface area contributed by atoms with Crippen LogP contribution in [-0.2, 0) is 4.79 Å². The minimum absolute atomic E-state index is 0.373. The molecule has 0 spiro atoms. The van der Waals surface area contributed by atoms with E-state index in [-0.39, 0.29) is 0 Å². The maximum Gasteiger partial charge on any atom is 0.430 e. The lowest BCUT2D eigenvalue weighted by atomic mass is 9.98. The second-order valence-electron chi connectivity index (χ2n) is 5.51. The van der Waals surface area contributed by atoms with Gasteiger partial charge in [0, 0.05) is 29.3 Å². The maximum absolute atomic E-state index is 10.5. The van der Waals surface area contributed by atoms with E-state index >= 15 is 0 Å². The number of quaternary nitrogens is 1. The van der Waals surface area contributed by atoms with Gasteiger partial charge in [-0.3, -0.25) is 0 Å². The molecule has 11 heteroatoms. The number of aliphatic carboxylic acids is 1. The first kappa shape index (κ1) is 20.5. The normalized spacial score (nSPS) is 15.3. The first-order chi connectivity index (χ1) is 12.2. The van der Waals surface area contributed by atoms with Crippen molar-refractivity contribution in [2.75, 3.05) is 13.1 Å². The molecule has 142 valence electrons. The molecule has 0 aliphatic carbocycles. The SMILES string of the molecule is Clc1ccc(-c2noc(C3CC[NH2+]CC3)n2)c(Cl)c1.O=C([O-])C(F)(F)F. The number of rotatable bonds is 2. The molecule has 2 heterocycles. The van der Waals surface area contributed by atoms with Crippen molar-refractivity contribution in [3.63, 3.8) is 0 Å². The number of carbonyl (C=O) groups excluding carboxylic acids is 1. The average Bonchev–Trinajstić information content (AvgIpc) is 3.05. The number of nitrogens with zero attached hydrogens (tertiary/aromatic N) is 2. The Hall–Kier alpha value is -1.84. The van der Waals surface area contributed by atoms with Gasteiger partial charge in [-0.05, 0) is 18.2 Å². The third-order valence-electron chi connectivity index (χ3n) is 3.63. The number of benzene rings is 1. The number of piperidine rings is 1. The Bertz CT molecular complexity index is 762. The molecule has 0 radical (unpaired) electrons. The van der Waals surface area contributed by atoms with E-state index < -0.39 is 12.1 Å². The van der Waals surface area contributed by atoms with Gasteiger partial charge in [-0.25, -0.2) is 0 Å². The van der Waals surface area contributed by atoms with Crippen molar-refractivity contribution in [2.24, 2.45) is 0 Å². The summed E-state index contributed by atoms with van der Waals surface area (Å²) in [5.41, 5.74) is 0.753. The number of carboxylic acid groups (broad SMARTS) is 1. The lowest BCUT2D eigenvalue weighted by Gasteiger charge is -2.15. The van der Waals surface area contributed by atoms with Gasteiger partial charge in [0.15, 0.2) is 0 Å². The largest absolute Gasteiger partial charge is 0.542 e. The van der Waals surface area contributed by atoms with Crippen LogP contribution in [0.4, 0.5) is 13.2 Å². The van der Waals surface area contributed by atoms with Crippen LogP contribution < -0.4 is 10.4 Å². The van der Waals surface area contributed by atoms with Crippen molar-refractivity contribution >= 4 is 29.2 Å². The highest BCUT2D eigenvalue weighted by Gasteiger charge is 2.28. The Balaban J connectivity index is 0.000000298. The smallest absolute Gasteiger partial charge is 0.430 e. The molecule has 0 amide bonds. The van der Waals surface area contributed by atoms with E-state index in [1.54, 1.807) is 12.1 Å². The number of aromatic nitrogens is 2. The molecule has 1 saturated heterocycles. The van der Waals surface area contributed by atoms with Crippen LogP contribution in [0.15, 0.2) is 22.7 Å². The number of carbonyl (C=O) groups is 1. The molecule has 3 rings (SSSR count). The summed E-state index contributed by atoms with van der Waals surface area (Å²) in [4.78, 5) is 13.3. The van der Waals surface area contributed by atoms with Crippen LogP contribution in [0.5, 0.6) is 0 Å². The summed E-state index contributed by atoms with van der Waals surface area (Å²) in [5, 5.41) is 16.3. The fourth-order valence-corrected chi connectivity index (χ4v) is 2.85. The first-order valence-electron chi connectivity index (χ1n) is 7.57. The fraction of sp³-hybridized carbons (Fsp3) is 0.400. The molecule has 0 saturated carbocycles. The van der Waals surface area contributed by atoms with Crippen LogP contribution in [0, 0.1) is 0 Å². The Morgan fingerprint density at radius 3 is 2.42 bits per heavy atom. The molecule has 2 N–H and O–H groups in total. The van der Waals surface area contributed by atoms with Crippen LogP contribution >= 0.6 is 23.2 Å². The highest BCUT2D eigenvalue weighted by atomic mass is 35.5. The molecule has 1 aromatic carbocycles. The first-order valence-corrected chi connectivity index (χ1v) is 8.33. The highest BCUT2D eigenvalue weighted by Crippen LogP contribution is 2.30. The van der Waals surface area contributed by atoms with Crippen molar-refractivity contribution in [1.82, 2.24) is 10.1 Å². The van der Waals surface area contributed by atoms with Crippen LogP contribution in [0.1, 0.15) is 24.7 Å². The van der Waals surface area contributed by atoms with Crippen LogP contribution in [0.25, 0.3) is 11.4 Å². The van der Waals surface area contributed by atoms with Gasteiger partial charge in [-0.15, -0.1) is 0 Å². The van der Waals surface area contributed by atoms with E-state index in [2.05, 4.69) is 15.5 Å². The monoisotopic (exact) mass is 411 g/mol. The molecule has 1 aliphatic heterocycles. The number of carboxylic acids is 1. The number of alkyl halides is 3. The molecular formula is C15H14Cl2F3N3O3. The lowest BCUT2D eigenvalue weighted by molar-refractivity contribution is -0.663. The Kier molecular flexibility index (Phi) is 6.85. The van der Waals surface area contributed by atoms with Crippen LogP contribution in [-0.4, -0.2) is 35.4 Å². The van der Waals surface area contributed by atoms with Crippen LogP contribution in [0.3, 0.4) is 0 Å². The predicted molar refractivity (Wildman–Crippen MR) is 84.5 cm³/mol. The topological polar surface area (TPSA) is 95.7 Å². The van der Waals surface area contributed by atoms with Crippen molar-refractivity contribution in [3.8, 4) is 11.4 Å². The van der Waals surface area contributed by atoms with Crippen LogP contribution in [0.2, 0.25) is 10.0 Å². The van der Waals surface area contributed by atoms with E-state index in [0.29, 0.717) is 27.7 Å². The van der Waals surface area contributed by atoms with Crippen molar-refractivity contribution in [3.05, 3.63) is 34.1 Å². The molecule has 0 unspecified atom stereocenters. The van der Waals surface area contributed by atoms with Gasteiger partial charge < -0.3 is 19.7 Å². The third-order valence-corrected chi connectivity index (χ3v) is 4.18. The fourth-order valence-electron chi connectivity index (χ4n) is 2.35. The molecule has 0 atom stereocenters. The molecule has 1 aromatic heterocycles. The van der Waals surface area contributed by atoms with Crippen molar-refractivity contribution in [2.45, 2.75) is 24.9 Å². The predicted octanol–water partition coefficient (Wildman–Crippen LogP) is 1.78. The quantitative estimate of drug-likeness (QED) is 0.812. The number of halogens is 5. The van der Waals surface area contributed by atoms with E-state index in [1.807, 2.05) is 6.07 Å². The van der Waals surface area contributed by atoms with Gasteiger partial charge in [0.2, 0.25) is 11.7 Å². The van der Waals surface area contributed by atoms with Gasteiger partial charge in [0.1, 0.15) is 5.97 Å². The van der Waals surface area contributed by atoms with E-state index in [9.17, 15) is 13.2 Å². The molecule has 2 aromatic rings. The molecule has 0 bridgehead atoms. The second kappa shape index (κ2) is 8.70. The lowest BCUT2D eigenvalue weighted by Crippen LogP contribution is -2.86. The molecule has 6 nitrogen and oxygen atoms in total. The van der Waals surface area contributed by atoms with E-state index in [0.717, 1.165) is 31.5 Å². The van der Waals surface area contributed by atoms with Gasteiger partial charge >= 0.3 is 6.18 Å². The Labute approximate surface area is 156 Å². The maximum atomic E-state index is 10.5. The molecule has 1 fully saturated rings. The number of hydrogen-bond donors (Lipinski definition) is 1. The van der Waals surface area contributed by atoms with Crippen molar-refractivity contribution in [1.29, 1.82) is 0 Å². The summed E-state index contributed by atoms with van der Waals surface area (Å²) in [5.74, 6) is -1.38. The summed E-state index contributed by atoms with van der Waals surface area (Å²) in [7, 11) is 0. The minimum atomic E-state index is -5.19. The number of nitrogens with two attached hydrogens (primary N) is 1. The third kappa shape index (κ3) is 5.58. The highest BCUT2D eigenvalue weighted by molar-refractivity contribution is 6.36. The minimum Gasteiger partial charge on any atom is -0.542 e. The molecule has 1 aliphatic rings. The van der Waals surface area contributed by atoms with Gasteiger partial charge in [-0.1, -0.05) is 28.4 Å². The summed E-state index contributed by atoms with van der Waals surface area (Å²) < 4.78 is 36.9. The summed E-state index contributed by atoms with van der Waals surface area (Å²) in [6.45, 7) is 2.23. The van der Waals surface area contributed by atoms with E-state index in [1.165, 1.54) is 0 Å².